The minimum Gasteiger partial charge on any atom is -0.396 e. The van der Waals surface area contributed by atoms with Crippen molar-refractivity contribution >= 4 is 17.5 Å². The molecule has 2 rings (SSSR count). The third-order valence-electron chi connectivity index (χ3n) is 2.21. The van der Waals surface area contributed by atoms with E-state index in [-0.39, 0.29) is 11.6 Å². The quantitative estimate of drug-likeness (QED) is 0.803. The number of nitrogens with zero attached hydrogens (tertiary/aromatic N) is 1. The lowest BCUT2D eigenvalue weighted by atomic mass is 10.1. The first-order valence-electron chi connectivity index (χ1n) is 4.97. The Labute approximate surface area is 101 Å². The van der Waals surface area contributed by atoms with Crippen LogP contribution in [0.25, 0.3) is 0 Å². The predicted molar refractivity (Wildman–Crippen MR) is 60.0 cm³/mol. The van der Waals surface area contributed by atoms with E-state index in [1.54, 1.807) is 6.92 Å². The van der Waals surface area contributed by atoms with Gasteiger partial charge in [0, 0.05) is 6.07 Å². The fraction of sp³-hybridized carbons (Fsp3) is 0.0909. The minimum absolute atomic E-state index is 0.00118. The highest BCUT2D eigenvalue weighted by atomic mass is 19.1. The predicted octanol–water partition coefficient (Wildman–Crippen LogP) is 2.10. The van der Waals surface area contributed by atoms with Crippen LogP contribution in [0.1, 0.15) is 16.1 Å². The van der Waals surface area contributed by atoms with Crippen molar-refractivity contribution in [2.45, 2.75) is 6.92 Å². The maximum Gasteiger partial charge on any atom is 0.264 e. The van der Waals surface area contributed by atoms with E-state index < -0.39 is 23.1 Å². The van der Waals surface area contributed by atoms with Crippen LogP contribution >= 0.6 is 0 Å². The molecule has 0 atom stereocenters. The molecule has 18 heavy (non-hydrogen) atoms. The van der Waals surface area contributed by atoms with Crippen LogP contribution in [0.2, 0.25) is 0 Å². The van der Waals surface area contributed by atoms with Gasteiger partial charge in [0.1, 0.15) is 11.4 Å². The molecular weight excluding hydrogens is 244 g/mol. The first-order chi connectivity index (χ1) is 8.49. The van der Waals surface area contributed by atoms with Crippen molar-refractivity contribution in [2.75, 3.05) is 11.1 Å². The highest BCUT2D eigenvalue weighted by Crippen LogP contribution is 2.20. The number of anilines is 2. The molecule has 0 bridgehead atoms. The summed E-state index contributed by atoms with van der Waals surface area (Å²) in [5.41, 5.74) is 4.72. The number of hydrogen-bond donors (Lipinski definition) is 2. The van der Waals surface area contributed by atoms with E-state index in [1.807, 2.05) is 0 Å². The van der Waals surface area contributed by atoms with Crippen LogP contribution in [0.15, 0.2) is 22.7 Å². The minimum atomic E-state index is -1.11. The van der Waals surface area contributed by atoms with Crippen LogP contribution in [0.3, 0.4) is 0 Å². The number of carbonyl (C=O) groups excluding carboxylic acids is 1. The molecular formula is C11H9F2N3O2. The van der Waals surface area contributed by atoms with Gasteiger partial charge in [-0.2, -0.15) is 0 Å². The van der Waals surface area contributed by atoms with Crippen molar-refractivity contribution in [2.24, 2.45) is 0 Å². The Morgan fingerprint density at radius 2 is 2.17 bits per heavy atom. The molecule has 1 amide bonds. The monoisotopic (exact) mass is 253 g/mol. The Balaban J connectivity index is 2.32. The van der Waals surface area contributed by atoms with E-state index in [2.05, 4.69) is 10.5 Å². The topological polar surface area (TPSA) is 81.2 Å². The maximum absolute atomic E-state index is 13.5. The van der Waals surface area contributed by atoms with Crippen molar-refractivity contribution in [1.29, 1.82) is 0 Å². The Morgan fingerprint density at radius 3 is 2.78 bits per heavy atom. The zero-order chi connectivity index (χ0) is 13.3. The number of aryl methyl sites for hydroxylation is 1. The van der Waals surface area contributed by atoms with E-state index >= 15 is 0 Å². The van der Waals surface area contributed by atoms with Gasteiger partial charge in [0.15, 0.2) is 5.82 Å². The summed E-state index contributed by atoms with van der Waals surface area (Å²) >= 11 is 0. The molecule has 0 saturated carbocycles. The summed E-state index contributed by atoms with van der Waals surface area (Å²) in [5, 5.41) is 5.71. The number of rotatable bonds is 2. The number of aromatic nitrogens is 1. The Hall–Kier alpha value is -2.44. The van der Waals surface area contributed by atoms with Gasteiger partial charge in [-0.05, 0) is 19.1 Å². The lowest BCUT2D eigenvalue weighted by Gasteiger charge is -2.05. The number of nitrogen functional groups attached to an aromatic ring is 1. The lowest BCUT2D eigenvalue weighted by molar-refractivity contribution is 0.101. The van der Waals surface area contributed by atoms with Crippen molar-refractivity contribution in [3.05, 3.63) is 41.1 Å². The van der Waals surface area contributed by atoms with E-state index in [1.165, 1.54) is 6.07 Å². The standard InChI is InChI=1S/C11H9F2N3O2/c1-5-4-8(18-16-5)15-11(17)9-6(12)2-3-7(14)10(9)13/h2-4H,14H2,1H3,(H,15,17). The van der Waals surface area contributed by atoms with Crippen molar-refractivity contribution < 1.29 is 18.1 Å². The number of nitrogens with two attached hydrogens (primary N) is 1. The number of hydrogen-bond acceptors (Lipinski definition) is 4. The van der Waals surface area contributed by atoms with Gasteiger partial charge in [-0.1, -0.05) is 5.16 Å². The third-order valence-corrected chi connectivity index (χ3v) is 2.21. The Morgan fingerprint density at radius 1 is 1.44 bits per heavy atom. The first kappa shape index (κ1) is 12.0. The molecule has 0 aliphatic carbocycles. The molecule has 2 aromatic rings. The molecule has 1 aromatic carbocycles. The molecule has 0 radical (unpaired) electrons. The van der Waals surface area contributed by atoms with Gasteiger partial charge in [-0.15, -0.1) is 0 Å². The largest absolute Gasteiger partial charge is 0.396 e. The van der Waals surface area contributed by atoms with Gasteiger partial charge in [-0.3, -0.25) is 10.1 Å². The molecule has 5 nitrogen and oxygen atoms in total. The Bertz CT molecular complexity index is 610. The molecule has 0 aliphatic heterocycles. The molecule has 7 heteroatoms. The molecule has 0 spiro atoms. The van der Waals surface area contributed by atoms with Gasteiger partial charge in [0.2, 0.25) is 5.88 Å². The lowest BCUT2D eigenvalue weighted by Crippen LogP contribution is -2.16. The van der Waals surface area contributed by atoms with Crippen LogP contribution in [0.5, 0.6) is 0 Å². The van der Waals surface area contributed by atoms with Crippen molar-refractivity contribution in [3.63, 3.8) is 0 Å². The zero-order valence-electron chi connectivity index (χ0n) is 9.33. The van der Waals surface area contributed by atoms with Gasteiger partial charge >= 0.3 is 0 Å². The summed E-state index contributed by atoms with van der Waals surface area (Å²) in [6, 6.07) is 3.37. The third kappa shape index (κ3) is 2.15. The molecule has 0 saturated heterocycles. The SMILES string of the molecule is Cc1cc(NC(=O)c2c(F)ccc(N)c2F)on1. The molecule has 94 valence electrons. The number of benzene rings is 1. The van der Waals surface area contributed by atoms with E-state index in [9.17, 15) is 13.6 Å². The van der Waals surface area contributed by atoms with Gasteiger partial charge in [0.25, 0.3) is 5.91 Å². The fourth-order valence-corrected chi connectivity index (χ4v) is 1.37. The second kappa shape index (κ2) is 4.44. The van der Waals surface area contributed by atoms with E-state index in [0.717, 1.165) is 12.1 Å². The summed E-state index contributed by atoms with van der Waals surface area (Å²) in [6.45, 7) is 1.64. The molecule has 1 aromatic heterocycles. The normalized spacial score (nSPS) is 10.4. The number of amides is 1. The van der Waals surface area contributed by atoms with Gasteiger partial charge < -0.3 is 10.3 Å². The summed E-state index contributed by atoms with van der Waals surface area (Å²) in [7, 11) is 0. The van der Waals surface area contributed by atoms with Gasteiger partial charge in [-0.25, -0.2) is 8.78 Å². The average Bonchev–Trinajstić information content (AvgIpc) is 2.70. The number of nitrogens with one attached hydrogen (secondary N) is 1. The maximum atomic E-state index is 13.5. The fourth-order valence-electron chi connectivity index (χ4n) is 1.37. The van der Waals surface area contributed by atoms with Crippen LogP contribution in [-0.2, 0) is 0 Å². The van der Waals surface area contributed by atoms with Crippen LogP contribution < -0.4 is 11.1 Å². The smallest absolute Gasteiger partial charge is 0.264 e. The molecule has 3 N–H and O–H groups in total. The van der Waals surface area contributed by atoms with Crippen molar-refractivity contribution in [1.82, 2.24) is 5.16 Å². The number of halogens is 2. The van der Waals surface area contributed by atoms with E-state index in [4.69, 9.17) is 10.3 Å². The second-order valence-corrected chi connectivity index (χ2v) is 3.61. The molecule has 0 unspecified atom stereocenters. The molecule has 0 aliphatic rings. The van der Waals surface area contributed by atoms with Crippen LogP contribution in [0.4, 0.5) is 20.4 Å². The van der Waals surface area contributed by atoms with E-state index in [0.29, 0.717) is 5.69 Å². The summed E-state index contributed by atoms with van der Waals surface area (Å²) in [5.74, 6) is -3.11. The van der Waals surface area contributed by atoms with Crippen molar-refractivity contribution in [3.8, 4) is 0 Å². The van der Waals surface area contributed by atoms with Crippen LogP contribution in [0, 0.1) is 18.6 Å². The summed E-state index contributed by atoms with van der Waals surface area (Å²) < 4.78 is 31.6. The van der Waals surface area contributed by atoms with Crippen LogP contribution in [-0.4, -0.2) is 11.1 Å². The molecule has 0 fully saturated rings. The zero-order valence-corrected chi connectivity index (χ0v) is 9.33. The van der Waals surface area contributed by atoms with Gasteiger partial charge in [0.05, 0.1) is 11.4 Å². The summed E-state index contributed by atoms with van der Waals surface area (Å²) in [4.78, 5) is 11.7. The average molecular weight is 253 g/mol. The number of carbonyl (C=O) groups is 1. The highest BCUT2D eigenvalue weighted by Gasteiger charge is 2.20. The first-order valence-corrected chi connectivity index (χ1v) is 4.97. The second-order valence-electron chi connectivity index (χ2n) is 3.61. The summed E-state index contributed by atoms with van der Waals surface area (Å²) in [6.07, 6.45) is 0. The molecule has 1 heterocycles. The highest BCUT2D eigenvalue weighted by molar-refractivity contribution is 6.04. The Kier molecular flexibility index (Phi) is 2.97.